The molecule has 2 aromatic rings. The lowest BCUT2D eigenvalue weighted by molar-refractivity contribution is -0.129. The average molecular weight is 259 g/mol. The summed E-state index contributed by atoms with van der Waals surface area (Å²) in [5.41, 5.74) is 1.92. The van der Waals surface area contributed by atoms with Crippen LogP contribution >= 0.6 is 0 Å². The van der Waals surface area contributed by atoms with Crippen molar-refractivity contribution in [1.29, 1.82) is 0 Å². The van der Waals surface area contributed by atoms with Gasteiger partial charge in [-0.3, -0.25) is 4.79 Å². The van der Waals surface area contributed by atoms with Crippen molar-refractivity contribution >= 4 is 11.6 Å². The standard InChI is InChI=1S/C14H17N3O2/c18-14(12-4-3-9-19-12)15-7-6-11-10-17-8-2-1-5-13(17)16-11/h1-2,5,8,10,12H,3-4,6-7,9H2,(H,15,18)/t12-/m0/s1. The molecule has 1 amide bonds. The van der Waals surface area contributed by atoms with Gasteiger partial charge in [-0.05, 0) is 25.0 Å². The highest BCUT2D eigenvalue weighted by atomic mass is 16.5. The van der Waals surface area contributed by atoms with Crippen molar-refractivity contribution in [2.75, 3.05) is 13.2 Å². The zero-order valence-corrected chi connectivity index (χ0v) is 10.7. The second-order valence-electron chi connectivity index (χ2n) is 4.74. The third-order valence-corrected chi connectivity index (χ3v) is 3.32. The van der Waals surface area contributed by atoms with E-state index in [1.54, 1.807) is 0 Å². The van der Waals surface area contributed by atoms with E-state index < -0.39 is 0 Å². The Labute approximate surface area is 111 Å². The molecule has 2 aromatic heterocycles. The van der Waals surface area contributed by atoms with Crippen molar-refractivity contribution in [1.82, 2.24) is 14.7 Å². The first kappa shape index (κ1) is 12.2. The number of imidazole rings is 1. The Morgan fingerprint density at radius 1 is 1.53 bits per heavy atom. The smallest absolute Gasteiger partial charge is 0.249 e. The predicted octanol–water partition coefficient (Wildman–Crippen LogP) is 1.17. The van der Waals surface area contributed by atoms with Crippen LogP contribution in [0.3, 0.4) is 0 Å². The van der Waals surface area contributed by atoms with E-state index in [9.17, 15) is 4.79 Å². The number of amides is 1. The van der Waals surface area contributed by atoms with Crippen LogP contribution in [0.1, 0.15) is 18.5 Å². The molecule has 0 bridgehead atoms. The van der Waals surface area contributed by atoms with Gasteiger partial charge in [-0.1, -0.05) is 6.07 Å². The van der Waals surface area contributed by atoms with Crippen LogP contribution in [0.15, 0.2) is 30.6 Å². The molecule has 19 heavy (non-hydrogen) atoms. The molecule has 5 nitrogen and oxygen atoms in total. The number of hydrogen-bond donors (Lipinski definition) is 1. The van der Waals surface area contributed by atoms with Gasteiger partial charge in [-0.15, -0.1) is 0 Å². The summed E-state index contributed by atoms with van der Waals surface area (Å²) in [6.45, 7) is 1.30. The van der Waals surface area contributed by atoms with E-state index in [1.165, 1.54) is 0 Å². The lowest BCUT2D eigenvalue weighted by Crippen LogP contribution is -2.35. The highest BCUT2D eigenvalue weighted by Crippen LogP contribution is 2.11. The summed E-state index contributed by atoms with van der Waals surface area (Å²) in [6, 6.07) is 5.90. The first-order valence-electron chi connectivity index (χ1n) is 6.65. The number of hydrogen-bond acceptors (Lipinski definition) is 3. The van der Waals surface area contributed by atoms with Gasteiger partial charge in [-0.25, -0.2) is 4.98 Å². The molecule has 0 saturated carbocycles. The quantitative estimate of drug-likeness (QED) is 0.896. The van der Waals surface area contributed by atoms with Gasteiger partial charge in [0.05, 0.1) is 5.69 Å². The van der Waals surface area contributed by atoms with Crippen LogP contribution in [0.5, 0.6) is 0 Å². The van der Waals surface area contributed by atoms with Crippen LogP contribution in [0.4, 0.5) is 0 Å². The van der Waals surface area contributed by atoms with E-state index in [0.29, 0.717) is 13.2 Å². The Hall–Kier alpha value is -1.88. The molecular formula is C14H17N3O2. The molecule has 100 valence electrons. The largest absolute Gasteiger partial charge is 0.368 e. The number of ether oxygens (including phenoxy) is 1. The minimum atomic E-state index is -0.249. The Balaban J connectivity index is 1.53. The van der Waals surface area contributed by atoms with Gasteiger partial charge in [0.15, 0.2) is 0 Å². The molecule has 1 aliphatic heterocycles. The molecule has 1 saturated heterocycles. The summed E-state index contributed by atoms with van der Waals surface area (Å²) in [4.78, 5) is 16.2. The first-order valence-corrected chi connectivity index (χ1v) is 6.65. The molecule has 5 heteroatoms. The second kappa shape index (κ2) is 5.40. The van der Waals surface area contributed by atoms with Crippen molar-refractivity contribution < 1.29 is 9.53 Å². The fraction of sp³-hybridized carbons (Fsp3) is 0.429. The van der Waals surface area contributed by atoms with Gasteiger partial charge in [0, 0.05) is 32.0 Å². The molecular weight excluding hydrogens is 242 g/mol. The molecule has 3 rings (SSSR count). The summed E-state index contributed by atoms with van der Waals surface area (Å²) in [7, 11) is 0. The second-order valence-corrected chi connectivity index (χ2v) is 4.74. The topological polar surface area (TPSA) is 55.6 Å². The van der Waals surface area contributed by atoms with Crippen LogP contribution in [-0.4, -0.2) is 34.5 Å². The minimum absolute atomic E-state index is 0.00117. The summed E-state index contributed by atoms with van der Waals surface area (Å²) in [6.07, 6.45) is 6.26. The summed E-state index contributed by atoms with van der Waals surface area (Å²) in [5, 5.41) is 2.90. The van der Waals surface area contributed by atoms with Crippen molar-refractivity contribution in [3.05, 3.63) is 36.3 Å². The maximum atomic E-state index is 11.7. The highest BCUT2D eigenvalue weighted by molar-refractivity contribution is 5.80. The maximum absolute atomic E-state index is 11.7. The monoisotopic (exact) mass is 259 g/mol. The van der Waals surface area contributed by atoms with Gasteiger partial charge >= 0.3 is 0 Å². The van der Waals surface area contributed by atoms with Gasteiger partial charge in [-0.2, -0.15) is 0 Å². The summed E-state index contributed by atoms with van der Waals surface area (Å²) in [5.74, 6) is 0.00117. The van der Waals surface area contributed by atoms with Gasteiger partial charge in [0.2, 0.25) is 5.91 Å². The fourth-order valence-corrected chi connectivity index (χ4v) is 2.32. The van der Waals surface area contributed by atoms with E-state index in [0.717, 1.165) is 30.6 Å². The molecule has 1 fully saturated rings. The van der Waals surface area contributed by atoms with Crippen LogP contribution in [0.2, 0.25) is 0 Å². The number of rotatable bonds is 4. The lowest BCUT2D eigenvalue weighted by atomic mass is 10.2. The third kappa shape index (κ3) is 2.76. The van der Waals surface area contributed by atoms with Crippen molar-refractivity contribution in [3.8, 4) is 0 Å². The first-order chi connectivity index (χ1) is 9.33. The Morgan fingerprint density at radius 3 is 3.26 bits per heavy atom. The molecule has 0 aliphatic carbocycles. The zero-order valence-electron chi connectivity index (χ0n) is 10.7. The molecule has 1 N–H and O–H groups in total. The molecule has 1 atom stereocenters. The molecule has 0 spiro atoms. The normalized spacial score (nSPS) is 18.8. The van der Waals surface area contributed by atoms with Gasteiger partial charge in [0.1, 0.15) is 11.8 Å². The van der Waals surface area contributed by atoms with Crippen molar-refractivity contribution in [2.45, 2.75) is 25.4 Å². The maximum Gasteiger partial charge on any atom is 0.249 e. The van der Waals surface area contributed by atoms with Crippen LogP contribution in [0, 0.1) is 0 Å². The van der Waals surface area contributed by atoms with Crippen molar-refractivity contribution in [3.63, 3.8) is 0 Å². The van der Waals surface area contributed by atoms with Crippen molar-refractivity contribution in [2.24, 2.45) is 0 Å². The zero-order chi connectivity index (χ0) is 13.1. The molecule has 0 radical (unpaired) electrons. The number of nitrogens with zero attached hydrogens (tertiary/aromatic N) is 2. The van der Waals surface area contributed by atoms with E-state index >= 15 is 0 Å². The average Bonchev–Trinajstić information content (AvgIpc) is 3.07. The Morgan fingerprint density at radius 2 is 2.47 bits per heavy atom. The van der Waals surface area contributed by atoms with E-state index in [4.69, 9.17) is 4.74 Å². The third-order valence-electron chi connectivity index (χ3n) is 3.32. The van der Waals surface area contributed by atoms with Crippen LogP contribution < -0.4 is 5.32 Å². The van der Waals surface area contributed by atoms with E-state index in [2.05, 4.69) is 10.3 Å². The SMILES string of the molecule is O=C(NCCc1cn2ccccc2n1)[C@@H]1CCCO1. The van der Waals surface area contributed by atoms with Crippen LogP contribution in [-0.2, 0) is 16.0 Å². The number of carbonyl (C=O) groups excluding carboxylic acids is 1. The van der Waals surface area contributed by atoms with Gasteiger partial charge < -0.3 is 14.5 Å². The highest BCUT2D eigenvalue weighted by Gasteiger charge is 2.22. The summed E-state index contributed by atoms with van der Waals surface area (Å²) >= 11 is 0. The lowest BCUT2D eigenvalue weighted by Gasteiger charge is -2.09. The van der Waals surface area contributed by atoms with E-state index in [1.807, 2.05) is 35.0 Å². The molecule has 3 heterocycles. The fourth-order valence-electron chi connectivity index (χ4n) is 2.32. The number of carbonyl (C=O) groups is 1. The number of aromatic nitrogens is 2. The van der Waals surface area contributed by atoms with Gasteiger partial charge in [0.25, 0.3) is 0 Å². The minimum Gasteiger partial charge on any atom is -0.368 e. The molecule has 1 aliphatic rings. The Bertz CT molecular complexity index is 540. The number of nitrogens with one attached hydrogen (secondary N) is 1. The summed E-state index contributed by atoms with van der Waals surface area (Å²) < 4.78 is 7.32. The van der Waals surface area contributed by atoms with Crippen LogP contribution in [0.25, 0.3) is 5.65 Å². The number of pyridine rings is 1. The predicted molar refractivity (Wildman–Crippen MR) is 70.9 cm³/mol. The molecule has 0 aromatic carbocycles. The van der Waals surface area contributed by atoms with E-state index in [-0.39, 0.29) is 12.0 Å². The Kier molecular flexibility index (Phi) is 3.46. The molecule has 0 unspecified atom stereocenters. The number of fused-ring (bicyclic) bond motifs is 1.